The van der Waals surface area contributed by atoms with E-state index < -0.39 is 5.82 Å². The molecule has 0 N–H and O–H groups in total. The molecular weight excluding hydrogens is 305 g/mol. The predicted molar refractivity (Wildman–Crippen MR) is 89.2 cm³/mol. The zero-order valence-corrected chi connectivity index (χ0v) is 12.6. The smallest absolute Gasteiger partial charge is 0.230 e. The number of halogens is 1. The second-order valence-electron chi connectivity index (χ2n) is 5.14. The second-order valence-corrected chi connectivity index (χ2v) is 5.14. The van der Waals surface area contributed by atoms with Gasteiger partial charge in [-0.1, -0.05) is 24.3 Å². The number of ether oxygens (including phenoxy) is 1. The van der Waals surface area contributed by atoms with Crippen LogP contribution in [0.15, 0.2) is 73.1 Å². The number of hydrogen-bond acceptors (Lipinski definition) is 4. The largest absolute Gasteiger partial charge is 0.435 e. The molecule has 0 unspecified atom stereocenters. The molecule has 0 radical (unpaired) electrons. The molecule has 0 fully saturated rings. The fourth-order valence-corrected chi connectivity index (χ4v) is 2.38. The summed E-state index contributed by atoms with van der Waals surface area (Å²) in [6, 6.07) is 17.4. The Morgan fingerprint density at radius 3 is 2.50 bits per heavy atom. The lowest BCUT2D eigenvalue weighted by Gasteiger charge is -2.10. The topological polar surface area (TPSA) is 47.9 Å². The van der Waals surface area contributed by atoms with Gasteiger partial charge in [-0.15, -0.1) is 0 Å². The van der Waals surface area contributed by atoms with E-state index in [0.717, 1.165) is 11.1 Å². The van der Waals surface area contributed by atoms with Crippen molar-refractivity contribution < 1.29 is 9.13 Å². The van der Waals surface area contributed by atoms with Gasteiger partial charge in [0.05, 0.1) is 10.9 Å². The van der Waals surface area contributed by atoms with Crippen molar-refractivity contribution in [3.63, 3.8) is 0 Å². The number of fused-ring (bicyclic) bond motifs is 1. The van der Waals surface area contributed by atoms with Gasteiger partial charge in [0, 0.05) is 18.0 Å². The van der Waals surface area contributed by atoms with Crippen molar-refractivity contribution in [3.05, 3.63) is 78.9 Å². The van der Waals surface area contributed by atoms with Gasteiger partial charge in [0.15, 0.2) is 17.4 Å². The molecule has 0 amide bonds. The van der Waals surface area contributed by atoms with Gasteiger partial charge in [-0.3, -0.25) is 4.98 Å². The highest BCUT2D eigenvalue weighted by Crippen LogP contribution is 2.30. The first kappa shape index (κ1) is 14.3. The average Bonchev–Trinajstić information content (AvgIpc) is 2.64. The first-order chi connectivity index (χ1) is 11.8. The number of nitrogens with zero attached hydrogens (tertiary/aromatic N) is 3. The first-order valence-electron chi connectivity index (χ1n) is 7.41. The van der Waals surface area contributed by atoms with E-state index >= 15 is 0 Å². The number of aromatic nitrogens is 3. The van der Waals surface area contributed by atoms with Gasteiger partial charge in [0.1, 0.15) is 0 Å². The Kier molecular flexibility index (Phi) is 3.59. The number of rotatable bonds is 3. The minimum absolute atomic E-state index is 0.124. The molecule has 0 atom stereocenters. The van der Waals surface area contributed by atoms with Gasteiger partial charge in [-0.25, -0.2) is 9.37 Å². The van der Waals surface area contributed by atoms with E-state index in [1.165, 1.54) is 6.07 Å². The zero-order valence-electron chi connectivity index (χ0n) is 12.6. The minimum atomic E-state index is -0.442. The lowest BCUT2D eigenvalue weighted by Crippen LogP contribution is -1.97. The molecule has 2 aromatic heterocycles. The van der Waals surface area contributed by atoms with Crippen LogP contribution in [0.1, 0.15) is 0 Å². The van der Waals surface area contributed by atoms with Crippen LogP contribution in [0.5, 0.6) is 11.6 Å². The van der Waals surface area contributed by atoms with Gasteiger partial charge in [-0.2, -0.15) is 4.98 Å². The lowest BCUT2D eigenvalue weighted by atomic mass is 10.2. The van der Waals surface area contributed by atoms with Gasteiger partial charge in [0.2, 0.25) is 5.88 Å². The van der Waals surface area contributed by atoms with Crippen LogP contribution in [-0.4, -0.2) is 15.0 Å². The Morgan fingerprint density at radius 2 is 1.67 bits per heavy atom. The maximum atomic E-state index is 13.9. The van der Waals surface area contributed by atoms with Crippen LogP contribution in [0.25, 0.3) is 22.3 Å². The lowest BCUT2D eigenvalue weighted by molar-refractivity contribution is 0.432. The standard InChI is InChI=1S/C19H12FN3O/c20-15-8-2-4-10-17(15)24-19-14-7-1-3-9-16(14)22-18(23-19)13-6-5-11-21-12-13/h1-12H. The summed E-state index contributed by atoms with van der Waals surface area (Å²) >= 11 is 0. The molecule has 4 nitrogen and oxygen atoms in total. The molecule has 0 aliphatic heterocycles. The third-order valence-electron chi connectivity index (χ3n) is 3.53. The molecule has 0 saturated heterocycles. The van der Waals surface area contributed by atoms with Gasteiger partial charge in [0.25, 0.3) is 0 Å². The minimum Gasteiger partial charge on any atom is -0.435 e. The van der Waals surface area contributed by atoms with Crippen molar-refractivity contribution in [1.29, 1.82) is 0 Å². The summed E-state index contributed by atoms with van der Waals surface area (Å²) in [6.45, 7) is 0. The summed E-state index contributed by atoms with van der Waals surface area (Å²) in [5.41, 5.74) is 1.49. The summed E-state index contributed by atoms with van der Waals surface area (Å²) in [5.74, 6) is 0.472. The highest BCUT2D eigenvalue weighted by molar-refractivity contribution is 5.85. The summed E-state index contributed by atoms with van der Waals surface area (Å²) in [5, 5.41) is 0.716. The van der Waals surface area contributed by atoms with Crippen LogP contribution < -0.4 is 4.74 Å². The van der Waals surface area contributed by atoms with E-state index in [0.29, 0.717) is 17.1 Å². The predicted octanol–water partition coefficient (Wildman–Crippen LogP) is 4.62. The molecule has 0 saturated carbocycles. The van der Waals surface area contributed by atoms with Crippen molar-refractivity contribution in [2.45, 2.75) is 0 Å². The van der Waals surface area contributed by atoms with E-state index in [2.05, 4.69) is 15.0 Å². The Labute approximate surface area is 137 Å². The van der Waals surface area contributed by atoms with E-state index in [4.69, 9.17) is 4.74 Å². The van der Waals surface area contributed by atoms with Gasteiger partial charge >= 0.3 is 0 Å². The Balaban J connectivity index is 1.88. The highest BCUT2D eigenvalue weighted by atomic mass is 19.1. The van der Waals surface area contributed by atoms with E-state index in [-0.39, 0.29) is 5.75 Å². The van der Waals surface area contributed by atoms with Crippen LogP contribution in [0.2, 0.25) is 0 Å². The maximum absolute atomic E-state index is 13.9. The van der Waals surface area contributed by atoms with Crippen LogP contribution in [0, 0.1) is 5.82 Å². The highest BCUT2D eigenvalue weighted by Gasteiger charge is 2.12. The number of hydrogen-bond donors (Lipinski definition) is 0. The number of benzene rings is 2. The van der Waals surface area contributed by atoms with E-state index in [1.54, 1.807) is 30.6 Å². The summed E-state index contributed by atoms with van der Waals surface area (Å²) < 4.78 is 19.7. The van der Waals surface area contributed by atoms with Crippen molar-refractivity contribution in [2.24, 2.45) is 0 Å². The molecule has 4 rings (SSSR count). The molecule has 5 heteroatoms. The van der Waals surface area contributed by atoms with Crippen LogP contribution in [0.3, 0.4) is 0 Å². The third kappa shape index (κ3) is 2.67. The zero-order chi connectivity index (χ0) is 16.4. The van der Waals surface area contributed by atoms with E-state index in [1.807, 2.05) is 36.4 Å². The molecule has 116 valence electrons. The van der Waals surface area contributed by atoms with Crippen molar-refractivity contribution >= 4 is 10.9 Å². The Bertz CT molecular complexity index is 1010. The molecule has 24 heavy (non-hydrogen) atoms. The number of pyridine rings is 1. The molecule has 2 heterocycles. The molecule has 0 bridgehead atoms. The van der Waals surface area contributed by atoms with Crippen LogP contribution in [0.4, 0.5) is 4.39 Å². The fraction of sp³-hybridized carbons (Fsp3) is 0. The third-order valence-corrected chi connectivity index (χ3v) is 3.53. The van der Waals surface area contributed by atoms with Gasteiger partial charge < -0.3 is 4.74 Å². The monoisotopic (exact) mass is 317 g/mol. The molecular formula is C19H12FN3O. The molecule has 0 aliphatic carbocycles. The number of para-hydroxylation sites is 2. The average molecular weight is 317 g/mol. The van der Waals surface area contributed by atoms with Crippen molar-refractivity contribution in [3.8, 4) is 23.0 Å². The maximum Gasteiger partial charge on any atom is 0.230 e. The second kappa shape index (κ2) is 6.04. The quantitative estimate of drug-likeness (QED) is 0.553. The SMILES string of the molecule is Fc1ccccc1Oc1nc(-c2cccnc2)nc2ccccc12. The first-order valence-corrected chi connectivity index (χ1v) is 7.41. The van der Waals surface area contributed by atoms with Crippen molar-refractivity contribution in [2.75, 3.05) is 0 Å². The Hall–Kier alpha value is -3.34. The normalized spacial score (nSPS) is 10.7. The van der Waals surface area contributed by atoms with Gasteiger partial charge in [-0.05, 0) is 36.4 Å². The van der Waals surface area contributed by atoms with Crippen molar-refractivity contribution in [1.82, 2.24) is 15.0 Å². The molecule has 4 aromatic rings. The Morgan fingerprint density at radius 1 is 0.833 bits per heavy atom. The van der Waals surface area contributed by atoms with E-state index in [9.17, 15) is 4.39 Å². The molecule has 2 aromatic carbocycles. The molecule has 0 aliphatic rings. The fourth-order valence-electron chi connectivity index (χ4n) is 2.38. The summed E-state index contributed by atoms with van der Waals surface area (Å²) in [6.07, 6.45) is 3.36. The summed E-state index contributed by atoms with van der Waals surface area (Å²) in [4.78, 5) is 13.1. The van der Waals surface area contributed by atoms with Crippen LogP contribution in [-0.2, 0) is 0 Å². The van der Waals surface area contributed by atoms with Crippen LogP contribution >= 0.6 is 0 Å². The summed E-state index contributed by atoms with van der Waals surface area (Å²) in [7, 11) is 0. The molecule has 0 spiro atoms.